The molecule has 0 spiro atoms. The summed E-state index contributed by atoms with van der Waals surface area (Å²) in [5.74, 6) is 0.183. The Balaban J connectivity index is 2.62. The number of urea groups is 1. The fourth-order valence-corrected chi connectivity index (χ4v) is 2.06. The van der Waals surface area contributed by atoms with Crippen LogP contribution in [-0.2, 0) is 4.79 Å². The van der Waals surface area contributed by atoms with Crippen molar-refractivity contribution < 1.29 is 14.7 Å². The van der Waals surface area contributed by atoms with E-state index in [0.717, 1.165) is 0 Å². The number of benzene rings is 1. The second-order valence-electron chi connectivity index (χ2n) is 6.33. The molecule has 0 radical (unpaired) electrons. The Hall–Kier alpha value is -2.08. The zero-order valence-electron chi connectivity index (χ0n) is 14.2. The Bertz CT molecular complexity index is 530. The Morgan fingerprint density at radius 1 is 1.09 bits per heavy atom. The topological polar surface area (TPSA) is 90.5 Å². The predicted molar refractivity (Wildman–Crippen MR) is 92.4 cm³/mol. The Morgan fingerprint density at radius 2 is 1.70 bits per heavy atom. The zero-order valence-corrected chi connectivity index (χ0v) is 14.2. The van der Waals surface area contributed by atoms with Gasteiger partial charge in [0.2, 0.25) is 5.91 Å². The number of carbonyl (C=O) groups excluding carboxylic acids is 2. The number of nitrogens with one attached hydrogen (secondary N) is 3. The summed E-state index contributed by atoms with van der Waals surface area (Å²) in [6, 6.07) is 6.29. The van der Waals surface area contributed by atoms with Crippen molar-refractivity contribution in [1.82, 2.24) is 5.32 Å². The summed E-state index contributed by atoms with van der Waals surface area (Å²) in [6.45, 7) is 7.59. The molecule has 128 valence electrons. The van der Waals surface area contributed by atoms with Gasteiger partial charge in [-0.3, -0.25) is 4.79 Å². The molecule has 0 aliphatic rings. The van der Waals surface area contributed by atoms with Crippen molar-refractivity contribution in [2.75, 3.05) is 17.2 Å². The van der Waals surface area contributed by atoms with Gasteiger partial charge in [-0.2, -0.15) is 0 Å². The molecule has 0 bridgehead atoms. The Kier molecular flexibility index (Phi) is 7.54. The van der Waals surface area contributed by atoms with E-state index in [1.54, 1.807) is 24.3 Å². The monoisotopic (exact) mass is 321 g/mol. The van der Waals surface area contributed by atoms with E-state index < -0.39 is 0 Å². The average Bonchev–Trinajstić information content (AvgIpc) is 2.46. The number of aliphatic hydroxyl groups is 1. The van der Waals surface area contributed by atoms with Crippen LogP contribution in [0.2, 0.25) is 0 Å². The van der Waals surface area contributed by atoms with Gasteiger partial charge in [0.15, 0.2) is 0 Å². The predicted octanol–water partition coefficient (Wildman–Crippen LogP) is 2.81. The second kappa shape index (κ2) is 9.15. The summed E-state index contributed by atoms with van der Waals surface area (Å²) < 4.78 is 0. The maximum Gasteiger partial charge on any atom is 0.319 e. The van der Waals surface area contributed by atoms with Crippen molar-refractivity contribution in [2.24, 2.45) is 11.8 Å². The first kappa shape index (κ1) is 19.0. The van der Waals surface area contributed by atoms with E-state index in [4.69, 9.17) is 0 Å². The summed E-state index contributed by atoms with van der Waals surface area (Å²) in [5, 5.41) is 17.5. The van der Waals surface area contributed by atoms with Crippen molar-refractivity contribution in [3.8, 4) is 0 Å². The van der Waals surface area contributed by atoms with E-state index in [1.807, 2.05) is 27.7 Å². The average molecular weight is 321 g/mol. The van der Waals surface area contributed by atoms with E-state index >= 15 is 0 Å². The largest absolute Gasteiger partial charge is 0.394 e. The number of hydrogen-bond acceptors (Lipinski definition) is 3. The van der Waals surface area contributed by atoms with Gasteiger partial charge in [0.25, 0.3) is 0 Å². The molecule has 1 unspecified atom stereocenters. The number of carbonyl (C=O) groups is 2. The first-order valence-corrected chi connectivity index (χ1v) is 7.91. The quantitative estimate of drug-likeness (QED) is 0.622. The summed E-state index contributed by atoms with van der Waals surface area (Å²) in [4.78, 5) is 23.7. The van der Waals surface area contributed by atoms with Crippen LogP contribution in [0.4, 0.5) is 16.2 Å². The molecular formula is C17H27N3O3. The Morgan fingerprint density at radius 3 is 2.22 bits per heavy atom. The van der Waals surface area contributed by atoms with E-state index in [-0.39, 0.29) is 30.5 Å². The molecule has 1 rings (SSSR count). The lowest BCUT2D eigenvalue weighted by Crippen LogP contribution is -2.40. The summed E-state index contributed by atoms with van der Waals surface area (Å²) in [6.07, 6.45) is 0.703. The van der Waals surface area contributed by atoms with Crippen molar-refractivity contribution in [3.63, 3.8) is 0 Å². The maximum atomic E-state index is 12.0. The van der Waals surface area contributed by atoms with Crippen LogP contribution in [-0.4, -0.2) is 29.7 Å². The molecular weight excluding hydrogens is 294 g/mol. The fraction of sp³-hybridized carbons (Fsp3) is 0.529. The number of rotatable bonds is 7. The maximum absolute atomic E-state index is 12.0. The molecule has 3 amide bonds. The zero-order chi connectivity index (χ0) is 17.4. The van der Waals surface area contributed by atoms with Crippen LogP contribution in [0.5, 0.6) is 0 Å². The highest BCUT2D eigenvalue weighted by Gasteiger charge is 2.13. The van der Waals surface area contributed by atoms with Crippen molar-refractivity contribution in [3.05, 3.63) is 24.3 Å². The summed E-state index contributed by atoms with van der Waals surface area (Å²) in [5.41, 5.74) is 1.20. The van der Waals surface area contributed by atoms with Gasteiger partial charge in [-0.25, -0.2) is 4.79 Å². The molecule has 1 atom stereocenters. The molecule has 0 saturated carbocycles. The molecule has 0 fully saturated rings. The van der Waals surface area contributed by atoms with Crippen LogP contribution in [0.25, 0.3) is 0 Å². The first-order chi connectivity index (χ1) is 10.8. The SMILES string of the molecule is CC(C)CC(CO)NC(=O)Nc1cccc(NC(=O)C(C)C)c1. The van der Waals surface area contributed by atoms with Crippen molar-refractivity contribution >= 4 is 23.3 Å². The fourth-order valence-electron chi connectivity index (χ4n) is 2.06. The molecule has 0 aromatic heterocycles. The van der Waals surface area contributed by atoms with Crippen LogP contribution in [0.1, 0.15) is 34.1 Å². The number of aliphatic hydroxyl groups excluding tert-OH is 1. The minimum absolute atomic E-state index is 0.0797. The van der Waals surface area contributed by atoms with Crippen LogP contribution in [0.15, 0.2) is 24.3 Å². The smallest absolute Gasteiger partial charge is 0.319 e. The van der Waals surface area contributed by atoms with E-state index in [0.29, 0.717) is 23.7 Å². The van der Waals surface area contributed by atoms with Gasteiger partial charge in [-0.05, 0) is 30.5 Å². The molecule has 23 heavy (non-hydrogen) atoms. The molecule has 6 nitrogen and oxygen atoms in total. The second-order valence-corrected chi connectivity index (χ2v) is 6.33. The minimum atomic E-state index is -0.378. The molecule has 1 aromatic carbocycles. The normalized spacial score (nSPS) is 12.1. The van der Waals surface area contributed by atoms with E-state index in [1.165, 1.54) is 0 Å². The number of hydrogen-bond donors (Lipinski definition) is 4. The number of amides is 3. The van der Waals surface area contributed by atoms with Gasteiger partial charge < -0.3 is 21.1 Å². The standard InChI is InChI=1S/C17H27N3O3/c1-11(2)8-15(10-21)20-17(23)19-14-7-5-6-13(9-14)18-16(22)12(3)4/h5-7,9,11-12,15,21H,8,10H2,1-4H3,(H,18,22)(H2,19,20,23). The molecule has 0 aliphatic heterocycles. The van der Waals surface area contributed by atoms with Crippen LogP contribution < -0.4 is 16.0 Å². The molecule has 0 aliphatic carbocycles. The highest BCUT2D eigenvalue weighted by Crippen LogP contribution is 2.16. The van der Waals surface area contributed by atoms with Crippen LogP contribution >= 0.6 is 0 Å². The lowest BCUT2D eigenvalue weighted by molar-refractivity contribution is -0.118. The Labute approximate surface area is 137 Å². The summed E-state index contributed by atoms with van der Waals surface area (Å²) >= 11 is 0. The lowest BCUT2D eigenvalue weighted by Gasteiger charge is -2.18. The highest BCUT2D eigenvalue weighted by atomic mass is 16.3. The molecule has 0 saturated heterocycles. The third-order valence-corrected chi connectivity index (χ3v) is 3.22. The minimum Gasteiger partial charge on any atom is -0.394 e. The van der Waals surface area contributed by atoms with E-state index in [2.05, 4.69) is 16.0 Å². The van der Waals surface area contributed by atoms with Crippen molar-refractivity contribution in [2.45, 2.75) is 40.2 Å². The van der Waals surface area contributed by atoms with Gasteiger partial charge in [-0.15, -0.1) is 0 Å². The number of anilines is 2. The van der Waals surface area contributed by atoms with Crippen molar-refractivity contribution in [1.29, 1.82) is 0 Å². The van der Waals surface area contributed by atoms with E-state index in [9.17, 15) is 14.7 Å². The van der Waals surface area contributed by atoms with Gasteiger partial charge in [0.1, 0.15) is 0 Å². The van der Waals surface area contributed by atoms with Gasteiger partial charge in [-0.1, -0.05) is 33.8 Å². The van der Waals surface area contributed by atoms with Gasteiger partial charge >= 0.3 is 6.03 Å². The lowest BCUT2D eigenvalue weighted by atomic mass is 10.0. The third kappa shape index (κ3) is 7.15. The molecule has 0 heterocycles. The van der Waals surface area contributed by atoms with Crippen LogP contribution in [0.3, 0.4) is 0 Å². The van der Waals surface area contributed by atoms with Gasteiger partial charge in [0, 0.05) is 17.3 Å². The van der Waals surface area contributed by atoms with Gasteiger partial charge in [0.05, 0.1) is 12.6 Å². The molecule has 1 aromatic rings. The summed E-state index contributed by atoms with van der Waals surface area (Å²) in [7, 11) is 0. The first-order valence-electron chi connectivity index (χ1n) is 7.91. The molecule has 4 N–H and O–H groups in total. The molecule has 6 heteroatoms. The van der Waals surface area contributed by atoms with Crippen LogP contribution in [0, 0.1) is 11.8 Å². The third-order valence-electron chi connectivity index (χ3n) is 3.22. The highest BCUT2D eigenvalue weighted by molar-refractivity contribution is 5.94.